The summed E-state index contributed by atoms with van der Waals surface area (Å²) in [5.74, 6) is 0.822. The van der Waals surface area contributed by atoms with Crippen LogP contribution in [0.15, 0.2) is 4.99 Å². The lowest BCUT2D eigenvalue weighted by Crippen LogP contribution is -2.03. The van der Waals surface area contributed by atoms with Crippen molar-refractivity contribution < 1.29 is 14.6 Å². The van der Waals surface area contributed by atoms with Gasteiger partial charge in [-0.1, -0.05) is 11.8 Å². The van der Waals surface area contributed by atoms with Gasteiger partial charge in [0.15, 0.2) is 0 Å². The van der Waals surface area contributed by atoms with Crippen molar-refractivity contribution >= 4 is 23.1 Å². The third kappa shape index (κ3) is 1.93. The van der Waals surface area contributed by atoms with Gasteiger partial charge in [-0.15, -0.1) is 0 Å². The standard InChI is InChI=1S/C4H5NO3S/c6-4(7)8-3-5-1-2-9-3/h1-2H2,(H,6,7). The van der Waals surface area contributed by atoms with Crippen LogP contribution in [0.4, 0.5) is 4.79 Å². The largest absolute Gasteiger partial charge is 0.513 e. The van der Waals surface area contributed by atoms with Crippen LogP contribution in [-0.2, 0) is 4.74 Å². The molecule has 0 saturated heterocycles. The highest BCUT2D eigenvalue weighted by Crippen LogP contribution is 2.11. The van der Waals surface area contributed by atoms with Crippen LogP contribution in [0.3, 0.4) is 0 Å². The van der Waals surface area contributed by atoms with Crippen molar-refractivity contribution in [3.05, 3.63) is 0 Å². The number of carbonyl (C=O) groups is 1. The van der Waals surface area contributed by atoms with Gasteiger partial charge in [0.25, 0.3) is 5.23 Å². The first kappa shape index (κ1) is 6.41. The van der Waals surface area contributed by atoms with E-state index in [0.29, 0.717) is 6.54 Å². The van der Waals surface area contributed by atoms with Crippen LogP contribution >= 0.6 is 11.8 Å². The van der Waals surface area contributed by atoms with Crippen molar-refractivity contribution in [2.45, 2.75) is 0 Å². The Kier molecular flexibility index (Phi) is 1.94. The molecule has 0 bridgehead atoms. The minimum absolute atomic E-state index is 0.266. The highest BCUT2D eigenvalue weighted by atomic mass is 32.2. The van der Waals surface area contributed by atoms with Crippen LogP contribution in [0, 0.1) is 0 Å². The molecule has 0 saturated carbocycles. The summed E-state index contributed by atoms with van der Waals surface area (Å²) < 4.78 is 4.24. The fourth-order valence-corrected chi connectivity index (χ4v) is 1.12. The van der Waals surface area contributed by atoms with Gasteiger partial charge in [0.1, 0.15) is 0 Å². The van der Waals surface area contributed by atoms with E-state index in [-0.39, 0.29) is 5.23 Å². The number of ether oxygens (including phenoxy) is 1. The zero-order chi connectivity index (χ0) is 6.69. The third-order valence-corrected chi connectivity index (χ3v) is 1.58. The molecule has 0 fully saturated rings. The summed E-state index contributed by atoms with van der Waals surface area (Å²) in [5, 5.41) is 8.32. The van der Waals surface area contributed by atoms with E-state index in [4.69, 9.17) is 5.11 Å². The molecule has 0 radical (unpaired) electrons. The Balaban J connectivity index is 2.35. The molecule has 0 unspecified atom stereocenters. The van der Waals surface area contributed by atoms with Crippen molar-refractivity contribution in [2.24, 2.45) is 4.99 Å². The monoisotopic (exact) mass is 147 g/mol. The van der Waals surface area contributed by atoms with E-state index >= 15 is 0 Å². The van der Waals surface area contributed by atoms with Crippen LogP contribution in [0.5, 0.6) is 0 Å². The molecular formula is C4H5NO3S. The average molecular weight is 147 g/mol. The van der Waals surface area contributed by atoms with Gasteiger partial charge in [0.05, 0.1) is 6.54 Å². The van der Waals surface area contributed by atoms with Gasteiger partial charge in [-0.05, 0) is 0 Å². The highest BCUT2D eigenvalue weighted by molar-refractivity contribution is 8.13. The van der Waals surface area contributed by atoms with Gasteiger partial charge in [0.2, 0.25) is 0 Å². The number of hydrogen-bond acceptors (Lipinski definition) is 4. The van der Waals surface area contributed by atoms with E-state index in [1.54, 1.807) is 0 Å². The molecule has 1 aliphatic rings. The first-order valence-electron chi connectivity index (χ1n) is 2.37. The zero-order valence-corrected chi connectivity index (χ0v) is 5.35. The Morgan fingerprint density at radius 2 is 2.67 bits per heavy atom. The Labute approximate surface area is 55.9 Å². The van der Waals surface area contributed by atoms with Crippen molar-refractivity contribution in [3.8, 4) is 0 Å². The van der Waals surface area contributed by atoms with Crippen molar-refractivity contribution in [3.63, 3.8) is 0 Å². The molecular weight excluding hydrogens is 142 g/mol. The summed E-state index contributed by atoms with van der Waals surface area (Å²) in [4.78, 5) is 13.6. The maximum absolute atomic E-state index is 9.84. The van der Waals surface area contributed by atoms with E-state index in [2.05, 4.69) is 9.73 Å². The van der Waals surface area contributed by atoms with E-state index in [1.807, 2.05) is 0 Å². The normalized spacial score (nSPS) is 17.1. The van der Waals surface area contributed by atoms with Crippen LogP contribution < -0.4 is 0 Å². The lowest BCUT2D eigenvalue weighted by Gasteiger charge is -1.92. The maximum Gasteiger partial charge on any atom is 0.513 e. The molecule has 0 amide bonds. The Hall–Kier alpha value is -0.710. The van der Waals surface area contributed by atoms with Crippen molar-refractivity contribution in [1.29, 1.82) is 0 Å². The van der Waals surface area contributed by atoms with Gasteiger partial charge in [-0.3, -0.25) is 0 Å². The summed E-state index contributed by atoms with van der Waals surface area (Å²) in [7, 11) is 0. The smallest absolute Gasteiger partial charge is 0.449 e. The predicted molar refractivity (Wildman–Crippen MR) is 33.9 cm³/mol. The summed E-state index contributed by atoms with van der Waals surface area (Å²) in [6, 6.07) is 0. The molecule has 0 aromatic rings. The fourth-order valence-electron chi connectivity index (χ4n) is 0.452. The molecule has 9 heavy (non-hydrogen) atoms. The lowest BCUT2D eigenvalue weighted by atomic mass is 10.8. The number of nitrogens with zero attached hydrogens (tertiary/aromatic N) is 1. The second-order valence-electron chi connectivity index (χ2n) is 1.36. The summed E-state index contributed by atoms with van der Waals surface area (Å²) in [6.45, 7) is 0.660. The molecule has 0 aromatic heterocycles. The molecule has 1 rings (SSSR count). The molecule has 0 atom stereocenters. The Morgan fingerprint density at radius 3 is 3.11 bits per heavy atom. The number of aliphatic imine (C=N–C) groups is 1. The summed E-state index contributed by atoms with van der Waals surface area (Å²) in [5.41, 5.74) is 0. The fraction of sp³-hybridized carbons (Fsp3) is 0.500. The van der Waals surface area contributed by atoms with E-state index in [0.717, 1.165) is 5.75 Å². The number of carboxylic acid groups (broad SMARTS) is 1. The molecule has 50 valence electrons. The molecule has 1 heterocycles. The van der Waals surface area contributed by atoms with Crippen LogP contribution in [-0.4, -0.2) is 28.8 Å². The van der Waals surface area contributed by atoms with Gasteiger partial charge in [0, 0.05) is 5.75 Å². The lowest BCUT2D eigenvalue weighted by molar-refractivity contribution is 0.142. The SMILES string of the molecule is O=C(O)OC1=NCCS1. The van der Waals surface area contributed by atoms with E-state index < -0.39 is 6.16 Å². The Morgan fingerprint density at radius 1 is 1.89 bits per heavy atom. The molecule has 1 N–H and O–H groups in total. The minimum atomic E-state index is -1.29. The van der Waals surface area contributed by atoms with Crippen molar-refractivity contribution in [2.75, 3.05) is 12.3 Å². The topological polar surface area (TPSA) is 58.9 Å². The van der Waals surface area contributed by atoms with Gasteiger partial charge in [-0.25, -0.2) is 9.79 Å². The second-order valence-corrected chi connectivity index (χ2v) is 2.41. The minimum Gasteiger partial charge on any atom is -0.449 e. The predicted octanol–water partition coefficient (Wildman–Crippen LogP) is 0.784. The van der Waals surface area contributed by atoms with Gasteiger partial charge >= 0.3 is 6.16 Å². The second kappa shape index (κ2) is 2.72. The van der Waals surface area contributed by atoms with Crippen LogP contribution in [0.2, 0.25) is 0 Å². The van der Waals surface area contributed by atoms with Gasteiger partial charge in [-0.2, -0.15) is 0 Å². The number of hydrogen-bond donors (Lipinski definition) is 1. The third-order valence-electron chi connectivity index (χ3n) is 0.732. The Bertz CT molecular complexity index is 156. The quantitative estimate of drug-likeness (QED) is 0.514. The zero-order valence-electron chi connectivity index (χ0n) is 4.53. The van der Waals surface area contributed by atoms with E-state index in [9.17, 15) is 4.79 Å². The molecule has 0 aromatic carbocycles. The van der Waals surface area contributed by atoms with Crippen LogP contribution in [0.1, 0.15) is 0 Å². The summed E-state index contributed by atoms with van der Waals surface area (Å²) >= 11 is 1.32. The first-order chi connectivity index (χ1) is 4.29. The number of thioether (sulfide) groups is 1. The molecule has 0 spiro atoms. The molecule has 4 nitrogen and oxygen atoms in total. The summed E-state index contributed by atoms with van der Waals surface area (Å²) in [6.07, 6.45) is -1.29. The number of rotatable bonds is 0. The van der Waals surface area contributed by atoms with E-state index in [1.165, 1.54) is 11.8 Å². The van der Waals surface area contributed by atoms with Crippen LogP contribution in [0.25, 0.3) is 0 Å². The highest BCUT2D eigenvalue weighted by Gasteiger charge is 2.10. The van der Waals surface area contributed by atoms with Gasteiger partial charge < -0.3 is 9.84 Å². The average Bonchev–Trinajstić information content (AvgIpc) is 2.15. The maximum atomic E-state index is 9.84. The van der Waals surface area contributed by atoms with Crippen molar-refractivity contribution in [1.82, 2.24) is 0 Å². The molecule has 5 heteroatoms. The molecule has 0 aliphatic carbocycles. The first-order valence-corrected chi connectivity index (χ1v) is 3.35. The molecule has 1 aliphatic heterocycles.